The van der Waals surface area contributed by atoms with Gasteiger partial charge in [0.2, 0.25) is 0 Å². The number of halogens is 3. The number of rotatable bonds is 6. The summed E-state index contributed by atoms with van der Waals surface area (Å²) in [6.07, 6.45) is -4.44. The maximum absolute atomic E-state index is 12.9. The van der Waals surface area contributed by atoms with Crippen LogP contribution < -0.4 is 9.47 Å². The SMILES string of the molecule is COc1cccc(CSc2cc(C)c(-c3ccc(C(F)(F)F)cc3OC)nn2)c1. The highest BCUT2D eigenvalue weighted by Gasteiger charge is 2.31. The number of benzene rings is 2. The molecule has 0 atom stereocenters. The number of aryl methyl sites for hydroxylation is 1. The third-order valence-corrected chi connectivity index (χ3v) is 5.24. The predicted molar refractivity (Wildman–Crippen MR) is 106 cm³/mol. The van der Waals surface area contributed by atoms with Gasteiger partial charge >= 0.3 is 6.18 Å². The molecule has 0 aliphatic rings. The van der Waals surface area contributed by atoms with Crippen molar-refractivity contribution in [3.05, 3.63) is 65.2 Å². The van der Waals surface area contributed by atoms with Gasteiger partial charge in [0, 0.05) is 11.3 Å². The van der Waals surface area contributed by atoms with E-state index in [9.17, 15) is 13.2 Å². The molecule has 8 heteroatoms. The molecule has 1 heterocycles. The van der Waals surface area contributed by atoms with Crippen LogP contribution in [0, 0.1) is 6.92 Å². The molecule has 2 aromatic carbocycles. The first-order valence-electron chi connectivity index (χ1n) is 8.67. The van der Waals surface area contributed by atoms with E-state index in [4.69, 9.17) is 9.47 Å². The van der Waals surface area contributed by atoms with Gasteiger partial charge in [-0.1, -0.05) is 23.9 Å². The van der Waals surface area contributed by atoms with Crippen molar-refractivity contribution in [3.8, 4) is 22.8 Å². The maximum Gasteiger partial charge on any atom is 0.416 e. The molecule has 3 aromatic rings. The molecule has 0 saturated carbocycles. The normalized spacial score (nSPS) is 11.4. The quantitative estimate of drug-likeness (QED) is 0.473. The lowest BCUT2D eigenvalue weighted by atomic mass is 10.0. The number of methoxy groups -OCH3 is 2. The highest BCUT2D eigenvalue weighted by atomic mass is 32.2. The van der Waals surface area contributed by atoms with Crippen molar-refractivity contribution in [2.45, 2.75) is 23.9 Å². The Labute approximate surface area is 171 Å². The van der Waals surface area contributed by atoms with Crippen molar-refractivity contribution in [2.75, 3.05) is 14.2 Å². The van der Waals surface area contributed by atoms with Crippen molar-refractivity contribution < 1.29 is 22.6 Å². The average Bonchev–Trinajstić information content (AvgIpc) is 2.71. The summed E-state index contributed by atoms with van der Waals surface area (Å²) in [6, 6.07) is 13.0. The largest absolute Gasteiger partial charge is 0.497 e. The van der Waals surface area contributed by atoms with E-state index < -0.39 is 11.7 Å². The fraction of sp³-hybridized carbons (Fsp3) is 0.238. The molecule has 0 unspecified atom stereocenters. The Kier molecular flexibility index (Phi) is 6.32. The van der Waals surface area contributed by atoms with Crippen molar-refractivity contribution in [3.63, 3.8) is 0 Å². The minimum atomic E-state index is -4.44. The van der Waals surface area contributed by atoms with Crippen LogP contribution in [0.4, 0.5) is 13.2 Å². The molecule has 0 spiro atoms. The molecule has 3 rings (SSSR count). The molecule has 0 bridgehead atoms. The molecule has 0 saturated heterocycles. The smallest absolute Gasteiger partial charge is 0.416 e. The monoisotopic (exact) mass is 420 g/mol. The van der Waals surface area contributed by atoms with E-state index in [0.717, 1.165) is 34.0 Å². The van der Waals surface area contributed by atoms with Gasteiger partial charge in [-0.25, -0.2) is 0 Å². The van der Waals surface area contributed by atoms with Gasteiger partial charge in [-0.2, -0.15) is 13.2 Å². The third-order valence-electron chi connectivity index (χ3n) is 4.27. The van der Waals surface area contributed by atoms with Crippen LogP contribution in [0.1, 0.15) is 16.7 Å². The van der Waals surface area contributed by atoms with E-state index >= 15 is 0 Å². The number of nitrogens with zero attached hydrogens (tertiary/aromatic N) is 2. The zero-order valence-corrected chi connectivity index (χ0v) is 16.9. The van der Waals surface area contributed by atoms with Crippen molar-refractivity contribution in [2.24, 2.45) is 0 Å². The van der Waals surface area contributed by atoms with Crippen molar-refractivity contribution in [1.29, 1.82) is 0 Å². The van der Waals surface area contributed by atoms with E-state index in [-0.39, 0.29) is 5.75 Å². The first-order chi connectivity index (χ1) is 13.8. The lowest BCUT2D eigenvalue weighted by molar-refractivity contribution is -0.137. The number of hydrogen-bond acceptors (Lipinski definition) is 5. The van der Waals surface area contributed by atoms with Crippen molar-refractivity contribution in [1.82, 2.24) is 10.2 Å². The molecule has 4 nitrogen and oxygen atoms in total. The summed E-state index contributed by atoms with van der Waals surface area (Å²) >= 11 is 1.52. The fourth-order valence-corrected chi connectivity index (χ4v) is 3.63. The Morgan fingerprint density at radius 2 is 1.76 bits per heavy atom. The second-order valence-corrected chi connectivity index (χ2v) is 7.26. The van der Waals surface area contributed by atoms with Gasteiger partial charge in [0.1, 0.15) is 16.5 Å². The van der Waals surface area contributed by atoms with Crippen LogP contribution in [-0.2, 0) is 11.9 Å². The minimum Gasteiger partial charge on any atom is -0.497 e. The number of alkyl halides is 3. The Balaban J connectivity index is 1.82. The van der Waals surface area contributed by atoms with Crippen LogP contribution in [0.3, 0.4) is 0 Å². The molecule has 0 amide bonds. The highest BCUT2D eigenvalue weighted by molar-refractivity contribution is 7.98. The molecule has 0 aliphatic heterocycles. The summed E-state index contributed by atoms with van der Waals surface area (Å²) in [6.45, 7) is 1.84. The van der Waals surface area contributed by atoms with Crippen LogP contribution >= 0.6 is 11.8 Å². The average molecular weight is 420 g/mol. The van der Waals surface area contributed by atoms with Crippen molar-refractivity contribution >= 4 is 11.8 Å². The summed E-state index contributed by atoms with van der Waals surface area (Å²) in [5.74, 6) is 1.58. The fourth-order valence-electron chi connectivity index (χ4n) is 2.78. The lowest BCUT2D eigenvalue weighted by Crippen LogP contribution is -2.06. The maximum atomic E-state index is 12.9. The van der Waals surface area contributed by atoms with Crippen LogP contribution in [0.15, 0.2) is 53.6 Å². The Morgan fingerprint density at radius 3 is 2.41 bits per heavy atom. The summed E-state index contributed by atoms with van der Waals surface area (Å²) in [4.78, 5) is 0. The first-order valence-corrected chi connectivity index (χ1v) is 9.66. The summed E-state index contributed by atoms with van der Waals surface area (Å²) in [5, 5.41) is 9.18. The summed E-state index contributed by atoms with van der Waals surface area (Å²) in [7, 11) is 2.95. The molecule has 0 N–H and O–H groups in total. The molecule has 1 aromatic heterocycles. The molecule has 0 aliphatic carbocycles. The second-order valence-electron chi connectivity index (χ2n) is 6.27. The van der Waals surface area contributed by atoms with Gasteiger partial charge < -0.3 is 9.47 Å². The third kappa shape index (κ3) is 5.00. The lowest BCUT2D eigenvalue weighted by Gasteiger charge is -2.13. The number of hydrogen-bond donors (Lipinski definition) is 0. The van der Waals surface area contributed by atoms with Crippen LogP contribution in [-0.4, -0.2) is 24.4 Å². The van der Waals surface area contributed by atoms with E-state index in [1.807, 2.05) is 37.3 Å². The zero-order chi connectivity index (χ0) is 21.0. The Bertz CT molecular complexity index is 1010. The topological polar surface area (TPSA) is 44.2 Å². The van der Waals surface area contributed by atoms with Gasteiger partial charge in [0.15, 0.2) is 0 Å². The standard InChI is InChI=1S/C21H19F3N2O2S/c1-13-9-19(29-12-14-5-4-6-16(10-14)27-2)25-26-20(13)17-8-7-15(21(22,23)24)11-18(17)28-3/h4-11H,12H2,1-3H3. The number of thioether (sulfide) groups is 1. The molecule has 0 radical (unpaired) electrons. The highest BCUT2D eigenvalue weighted by Crippen LogP contribution is 2.37. The Hall–Kier alpha value is -2.74. The molecule has 152 valence electrons. The zero-order valence-electron chi connectivity index (χ0n) is 16.1. The molecule has 29 heavy (non-hydrogen) atoms. The number of ether oxygens (including phenoxy) is 2. The van der Waals surface area contributed by atoms with E-state index in [1.165, 1.54) is 24.9 Å². The summed E-state index contributed by atoms with van der Waals surface area (Å²) < 4.78 is 49.2. The van der Waals surface area contributed by atoms with E-state index in [2.05, 4.69) is 10.2 Å². The second kappa shape index (κ2) is 8.73. The Morgan fingerprint density at radius 1 is 0.966 bits per heavy atom. The first kappa shape index (κ1) is 21.0. The van der Waals surface area contributed by atoms with E-state index in [0.29, 0.717) is 17.0 Å². The molecular weight excluding hydrogens is 401 g/mol. The number of aromatic nitrogens is 2. The summed E-state index contributed by atoms with van der Waals surface area (Å²) in [5.41, 5.74) is 2.07. The predicted octanol–water partition coefficient (Wildman–Crippen LogP) is 5.78. The molecular formula is C21H19F3N2O2S. The van der Waals surface area contributed by atoms with Crippen LogP contribution in [0.5, 0.6) is 11.5 Å². The van der Waals surface area contributed by atoms with Crippen LogP contribution in [0.25, 0.3) is 11.3 Å². The van der Waals surface area contributed by atoms with Gasteiger partial charge in [-0.15, -0.1) is 10.2 Å². The van der Waals surface area contributed by atoms with Gasteiger partial charge in [-0.3, -0.25) is 0 Å². The van der Waals surface area contributed by atoms with Gasteiger partial charge in [-0.05, 0) is 54.4 Å². The van der Waals surface area contributed by atoms with E-state index in [1.54, 1.807) is 7.11 Å². The van der Waals surface area contributed by atoms with Gasteiger partial charge in [0.25, 0.3) is 0 Å². The molecule has 0 fully saturated rings. The van der Waals surface area contributed by atoms with Crippen LogP contribution in [0.2, 0.25) is 0 Å². The minimum absolute atomic E-state index is 0.106. The van der Waals surface area contributed by atoms with Gasteiger partial charge in [0.05, 0.1) is 25.5 Å².